The summed E-state index contributed by atoms with van der Waals surface area (Å²) in [5.41, 5.74) is 0.487. The van der Waals surface area contributed by atoms with Crippen molar-refractivity contribution in [2.24, 2.45) is 10.8 Å². The summed E-state index contributed by atoms with van der Waals surface area (Å²) in [6.07, 6.45) is 0. The van der Waals surface area contributed by atoms with Gasteiger partial charge >= 0.3 is 0 Å². The second-order valence-electron chi connectivity index (χ2n) is 6.67. The molecule has 1 nitrogen and oxygen atoms in total. The lowest BCUT2D eigenvalue weighted by Crippen LogP contribution is -2.41. The molecule has 0 saturated carbocycles. The van der Waals surface area contributed by atoms with Gasteiger partial charge in [-0.25, -0.2) is 0 Å². The molecular formula is C12H24O. The minimum atomic E-state index is 0.0260. The van der Waals surface area contributed by atoms with Gasteiger partial charge in [-0.1, -0.05) is 41.5 Å². The van der Waals surface area contributed by atoms with E-state index in [1.165, 1.54) is 0 Å². The second-order valence-corrected chi connectivity index (χ2v) is 6.67. The van der Waals surface area contributed by atoms with E-state index < -0.39 is 0 Å². The van der Waals surface area contributed by atoms with E-state index in [1.807, 2.05) is 0 Å². The molecule has 78 valence electrons. The van der Waals surface area contributed by atoms with Gasteiger partial charge < -0.3 is 4.74 Å². The van der Waals surface area contributed by atoms with Crippen molar-refractivity contribution < 1.29 is 4.74 Å². The van der Waals surface area contributed by atoms with Crippen LogP contribution in [0.25, 0.3) is 0 Å². The fourth-order valence-corrected chi connectivity index (χ4v) is 2.12. The number of ether oxygens (including phenoxy) is 1. The molecule has 2 unspecified atom stereocenters. The lowest BCUT2D eigenvalue weighted by Gasteiger charge is -2.33. The second kappa shape index (κ2) is 2.31. The Balaban J connectivity index is 2.95. The number of hydrogen-bond donors (Lipinski definition) is 0. The Hall–Kier alpha value is -0.0400. The van der Waals surface area contributed by atoms with Crippen molar-refractivity contribution in [3.8, 4) is 0 Å². The topological polar surface area (TPSA) is 12.5 Å². The highest BCUT2D eigenvalue weighted by molar-refractivity contribution is 5.20. The van der Waals surface area contributed by atoms with Crippen molar-refractivity contribution in [1.29, 1.82) is 0 Å². The smallest absolute Gasteiger partial charge is 0.100 e. The zero-order valence-electron chi connectivity index (χ0n) is 10.4. The van der Waals surface area contributed by atoms with Crippen LogP contribution in [0.5, 0.6) is 0 Å². The third kappa shape index (κ3) is 1.24. The average Bonchev–Trinajstić information content (AvgIpc) is 2.34. The summed E-state index contributed by atoms with van der Waals surface area (Å²) >= 11 is 0. The quantitative estimate of drug-likeness (QED) is 0.524. The van der Waals surface area contributed by atoms with Crippen LogP contribution in [0.3, 0.4) is 0 Å². The average molecular weight is 184 g/mol. The van der Waals surface area contributed by atoms with Crippen LogP contribution < -0.4 is 0 Å². The van der Waals surface area contributed by atoms with E-state index in [-0.39, 0.29) is 22.0 Å². The van der Waals surface area contributed by atoms with Gasteiger partial charge in [0, 0.05) is 0 Å². The van der Waals surface area contributed by atoms with Gasteiger partial charge in [-0.05, 0) is 24.7 Å². The first-order chi connectivity index (χ1) is 5.46. The number of epoxide rings is 1. The van der Waals surface area contributed by atoms with Gasteiger partial charge in [0.05, 0.1) is 0 Å². The summed E-state index contributed by atoms with van der Waals surface area (Å²) in [4.78, 5) is 0. The molecule has 13 heavy (non-hydrogen) atoms. The molecule has 0 aromatic rings. The van der Waals surface area contributed by atoms with Crippen LogP contribution in [0.2, 0.25) is 0 Å². The lowest BCUT2D eigenvalue weighted by atomic mass is 9.66. The molecule has 0 bridgehead atoms. The molecule has 0 spiro atoms. The Kier molecular flexibility index (Phi) is 1.96. The molecule has 0 radical (unpaired) electrons. The van der Waals surface area contributed by atoms with Crippen LogP contribution in [0, 0.1) is 10.8 Å². The van der Waals surface area contributed by atoms with E-state index in [0.29, 0.717) is 0 Å². The van der Waals surface area contributed by atoms with Crippen molar-refractivity contribution in [3.63, 3.8) is 0 Å². The predicted molar refractivity (Wildman–Crippen MR) is 56.8 cm³/mol. The monoisotopic (exact) mass is 184 g/mol. The number of hydrogen-bond acceptors (Lipinski definition) is 1. The molecule has 0 aromatic heterocycles. The van der Waals surface area contributed by atoms with E-state index in [0.717, 1.165) is 0 Å². The molecule has 1 heteroatoms. The number of rotatable bonds is 0. The fraction of sp³-hybridized carbons (Fsp3) is 1.00. The minimum Gasteiger partial charge on any atom is -0.362 e. The van der Waals surface area contributed by atoms with Crippen LogP contribution >= 0.6 is 0 Å². The zero-order chi connectivity index (χ0) is 10.7. The zero-order valence-corrected chi connectivity index (χ0v) is 10.4. The van der Waals surface area contributed by atoms with Gasteiger partial charge in [0.15, 0.2) is 0 Å². The van der Waals surface area contributed by atoms with E-state index in [1.54, 1.807) is 0 Å². The molecular weight excluding hydrogens is 160 g/mol. The van der Waals surface area contributed by atoms with E-state index in [9.17, 15) is 0 Å². The molecule has 0 N–H and O–H groups in total. The SMILES string of the molecule is CC(C)(C)C1(C)OC1(C)C(C)(C)C. The highest BCUT2D eigenvalue weighted by atomic mass is 16.6. The highest BCUT2D eigenvalue weighted by Gasteiger charge is 2.73. The summed E-state index contributed by atoms with van der Waals surface area (Å²) in [5.74, 6) is 0. The molecule has 1 rings (SSSR count). The Bertz CT molecular complexity index is 194. The van der Waals surface area contributed by atoms with Crippen molar-refractivity contribution in [2.45, 2.75) is 66.6 Å². The van der Waals surface area contributed by atoms with E-state index >= 15 is 0 Å². The molecule has 1 fully saturated rings. The van der Waals surface area contributed by atoms with Crippen LogP contribution in [0.1, 0.15) is 55.4 Å². The molecule has 0 aliphatic carbocycles. The fourth-order valence-electron chi connectivity index (χ4n) is 2.12. The van der Waals surface area contributed by atoms with Crippen molar-refractivity contribution >= 4 is 0 Å². The van der Waals surface area contributed by atoms with Crippen LogP contribution in [0.15, 0.2) is 0 Å². The normalized spacial score (nSPS) is 40.6. The molecule has 1 aliphatic heterocycles. The first-order valence-electron chi connectivity index (χ1n) is 5.16. The third-order valence-electron chi connectivity index (χ3n) is 4.14. The van der Waals surface area contributed by atoms with Crippen LogP contribution in [-0.2, 0) is 4.74 Å². The Labute approximate surface area is 82.9 Å². The summed E-state index contributed by atoms with van der Waals surface area (Å²) in [6, 6.07) is 0. The van der Waals surface area contributed by atoms with Gasteiger partial charge in [-0.3, -0.25) is 0 Å². The van der Waals surface area contributed by atoms with Gasteiger partial charge in [0.1, 0.15) is 11.2 Å². The van der Waals surface area contributed by atoms with Crippen LogP contribution in [-0.4, -0.2) is 11.2 Å². The molecule has 0 aromatic carbocycles. The molecule has 2 atom stereocenters. The predicted octanol–water partition coefficient (Wildman–Crippen LogP) is 3.63. The Morgan fingerprint density at radius 2 is 0.923 bits per heavy atom. The molecule has 1 saturated heterocycles. The first-order valence-corrected chi connectivity index (χ1v) is 5.16. The Morgan fingerprint density at radius 3 is 1.00 bits per heavy atom. The lowest BCUT2D eigenvalue weighted by molar-refractivity contribution is 0.156. The largest absolute Gasteiger partial charge is 0.362 e. The summed E-state index contributed by atoms with van der Waals surface area (Å²) in [6.45, 7) is 18.0. The minimum absolute atomic E-state index is 0.0260. The summed E-state index contributed by atoms with van der Waals surface area (Å²) in [5, 5.41) is 0. The molecule has 1 heterocycles. The van der Waals surface area contributed by atoms with Crippen molar-refractivity contribution in [1.82, 2.24) is 0 Å². The maximum atomic E-state index is 6.02. The van der Waals surface area contributed by atoms with Gasteiger partial charge in [-0.2, -0.15) is 0 Å². The van der Waals surface area contributed by atoms with E-state index in [2.05, 4.69) is 55.4 Å². The standard InChI is InChI=1S/C12H24O/c1-9(2,3)11(7)12(8,13-11)10(4,5)6/h1-8H3. The van der Waals surface area contributed by atoms with Gasteiger partial charge in [0.2, 0.25) is 0 Å². The maximum absolute atomic E-state index is 6.02. The maximum Gasteiger partial charge on any atom is 0.100 e. The Morgan fingerprint density at radius 1 is 0.692 bits per heavy atom. The summed E-state index contributed by atoms with van der Waals surface area (Å²) < 4.78 is 6.02. The van der Waals surface area contributed by atoms with Gasteiger partial charge in [-0.15, -0.1) is 0 Å². The highest BCUT2D eigenvalue weighted by Crippen LogP contribution is 2.64. The third-order valence-corrected chi connectivity index (χ3v) is 4.14. The van der Waals surface area contributed by atoms with Crippen molar-refractivity contribution in [2.75, 3.05) is 0 Å². The van der Waals surface area contributed by atoms with Crippen molar-refractivity contribution in [3.05, 3.63) is 0 Å². The van der Waals surface area contributed by atoms with E-state index in [4.69, 9.17) is 4.74 Å². The van der Waals surface area contributed by atoms with Gasteiger partial charge in [0.25, 0.3) is 0 Å². The van der Waals surface area contributed by atoms with Crippen LogP contribution in [0.4, 0.5) is 0 Å². The summed E-state index contributed by atoms with van der Waals surface area (Å²) in [7, 11) is 0. The molecule has 1 aliphatic rings. The molecule has 0 amide bonds. The first kappa shape index (κ1) is 11.0.